The van der Waals surface area contributed by atoms with Gasteiger partial charge in [0, 0.05) is 6.42 Å². The summed E-state index contributed by atoms with van der Waals surface area (Å²) in [5, 5.41) is 7.10. The Hall–Kier alpha value is -1.84. The van der Waals surface area contributed by atoms with E-state index < -0.39 is 0 Å². The van der Waals surface area contributed by atoms with Crippen LogP contribution in [0.15, 0.2) is 24.3 Å². The summed E-state index contributed by atoms with van der Waals surface area (Å²) in [6, 6.07) is 7.36. The number of nitrogens with one attached hydrogen (secondary N) is 1. The molecule has 1 rings (SSSR count). The van der Waals surface area contributed by atoms with Gasteiger partial charge in [0.1, 0.15) is 6.61 Å². The summed E-state index contributed by atoms with van der Waals surface area (Å²) in [6.45, 7) is 1.58. The first-order valence-corrected chi connectivity index (χ1v) is 4.12. The molecule has 1 aromatic rings. The number of ether oxygens (including phenoxy) is 1. The lowest BCUT2D eigenvalue weighted by molar-refractivity contribution is 0.267. The largest absolute Gasteiger partial charge is 0.452 e. The van der Waals surface area contributed by atoms with Crippen LogP contribution in [0.25, 0.3) is 0 Å². The standard InChI is InChI=1S/C10H11N2O2/c11-10(12)5-8-1-3-9(4-2-8)6-14-7-13/h1-4H,5-6H2,(H3,11,12). The second kappa shape index (κ2) is 5.01. The molecular formula is C10H11N2O2. The van der Waals surface area contributed by atoms with Crippen LogP contribution in [0.5, 0.6) is 0 Å². The monoisotopic (exact) mass is 191 g/mol. The van der Waals surface area contributed by atoms with Crippen LogP contribution in [-0.2, 0) is 22.6 Å². The molecule has 0 bridgehead atoms. The normalized spacial score (nSPS) is 9.43. The number of benzene rings is 1. The van der Waals surface area contributed by atoms with E-state index in [9.17, 15) is 4.79 Å². The van der Waals surface area contributed by atoms with E-state index in [1.807, 2.05) is 24.3 Å². The van der Waals surface area contributed by atoms with Crippen molar-refractivity contribution in [3.8, 4) is 0 Å². The first-order chi connectivity index (χ1) is 6.72. The van der Waals surface area contributed by atoms with Crippen molar-refractivity contribution in [1.82, 2.24) is 0 Å². The summed E-state index contributed by atoms with van der Waals surface area (Å²) in [7, 11) is 0. The second-order valence-electron chi connectivity index (χ2n) is 2.89. The summed E-state index contributed by atoms with van der Waals surface area (Å²) in [5.41, 5.74) is 7.11. The maximum absolute atomic E-state index is 9.80. The summed E-state index contributed by atoms with van der Waals surface area (Å²) < 4.78 is 4.47. The van der Waals surface area contributed by atoms with Gasteiger partial charge in [-0.2, -0.15) is 0 Å². The lowest BCUT2D eigenvalue weighted by atomic mass is 10.1. The lowest BCUT2D eigenvalue weighted by Gasteiger charge is -2.01. The van der Waals surface area contributed by atoms with Crippen molar-refractivity contribution < 1.29 is 9.53 Å². The van der Waals surface area contributed by atoms with Gasteiger partial charge in [0.15, 0.2) is 0 Å². The zero-order valence-corrected chi connectivity index (χ0v) is 7.62. The van der Waals surface area contributed by atoms with E-state index >= 15 is 0 Å². The molecule has 0 fully saturated rings. The molecule has 0 saturated heterocycles. The highest BCUT2D eigenvalue weighted by atomic mass is 16.5. The van der Waals surface area contributed by atoms with E-state index in [-0.39, 0.29) is 12.4 Å². The molecule has 0 aliphatic carbocycles. The number of hydrogen-bond acceptors (Lipinski definition) is 3. The zero-order chi connectivity index (χ0) is 10.4. The quantitative estimate of drug-likeness (QED) is 0.532. The predicted molar refractivity (Wildman–Crippen MR) is 52.5 cm³/mol. The molecule has 1 radical (unpaired) electrons. The average Bonchev–Trinajstić information content (AvgIpc) is 2.16. The zero-order valence-electron chi connectivity index (χ0n) is 7.62. The number of hydrogen-bond donors (Lipinski definition) is 2. The Morgan fingerprint density at radius 2 is 1.93 bits per heavy atom. The summed E-state index contributed by atoms with van der Waals surface area (Å²) in [4.78, 5) is 9.80. The average molecular weight is 191 g/mol. The lowest BCUT2D eigenvalue weighted by Crippen LogP contribution is -2.12. The topological polar surface area (TPSA) is 76.2 Å². The van der Waals surface area contributed by atoms with E-state index in [1.54, 1.807) is 0 Å². The smallest absolute Gasteiger partial charge is 0.417 e. The summed E-state index contributed by atoms with van der Waals surface area (Å²) in [5.74, 6) is 0.134. The van der Waals surface area contributed by atoms with Crippen LogP contribution in [0.4, 0.5) is 0 Å². The number of amidine groups is 1. The third-order valence-electron chi connectivity index (χ3n) is 1.72. The van der Waals surface area contributed by atoms with Crippen molar-refractivity contribution in [1.29, 1.82) is 5.41 Å². The third kappa shape index (κ3) is 3.26. The van der Waals surface area contributed by atoms with E-state index in [0.717, 1.165) is 11.1 Å². The molecular weight excluding hydrogens is 180 g/mol. The van der Waals surface area contributed by atoms with Crippen molar-refractivity contribution >= 4 is 12.3 Å². The van der Waals surface area contributed by atoms with Crippen LogP contribution in [0.1, 0.15) is 11.1 Å². The van der Waals surface area contributed by atoms with Gasteiger partial charge in [-0.05, 0) is 11.1 Å². The van der Waals surface area contributed by atoms with Crippen LogP contribution in [0.3, 0.4) is 0 Å². The Morgan fingerprint density at radius 3 is 2.43 bits per heavy atom. The Morgan fingerprint density at radius 1 is 1.36 bits per heavy atom. The van der Waals surface area contributed by atoms with Gasteiger partial charge in [-0.15, -0.1) is 0 Å². The molecule has 0 aliphatic rings. The van der Waals surface area contributed by atoms with Crippen LogP contribution in [-0.4, -0.2) is 12.3 Å². The highest BCUT2D eigenvalue weighted by Crippen LogP contribution is 2.05. The molecule has 0 spiro atoms. The Balaban J connectivity index is 2.58. The molecule has 0 saturated carbocycles. The Kier molecular flexibility index (Phi) is 3.67. The molecule has 0 aliphatic heterocycles. The van der Waals surface area contributed by atoms with Crippen molar-refractivity contribution in [2.75, 3.05) is 0 Å². The van der Waals surface area contributed by atoms with Gasteiger partial charge < -0.3 is 10.5 Å². The molecule has 4 heteroatoms. The van der Waals surface area contributed by atoms with Crippen LogP contribution >= 0.6 is 0 Å². The Bertz CT molecular complexity index is 319. The Labute approximate surface area is 82.2 Å². The molecule has 14 heavy (non-hydrogen) atoms. The first kappa shape index (κ1) is 10.2. The van der Waals surface area contributed by atoms with Gasteiger partial charge >= 0.3 is 6.47 Å². The first-order valence-electron chi connectivity index (χ1n) is 4.12. The highest BCUT2D eigenvalue weighted by Gasteiger charge is 1.96. The molecule has 0 unspecified atom stereocenters. The fourth-order valence-electron chi connectivity index (χ4n) is 1.09. The van der Waals surface area contributed by atoms with Crippen LogP contribution < -0.4 is 5.73 Å². The minimum absolute atomic E-state index is 0.134. The minimum atomic E-state index is 0.134. The fourth-order valence-corrected chi connectivity index (χ4v) is 1.09. The van der Waals surface area contributed by atoms with E-state index in [0.29, 0.717) is 6.42 Å². The minimum Gasteiger partial charge on any atom is -0.452 e. The molecule has 3 N–H and O–H groups in total. The van der Waals surface area contributed by atoms with Crippen LogP contribution in [0.2, 0.25) is 0 Å². The van der Waals surface area contributed by atoms with Crippen molar-refractivity contribution in [2.45, 2.75) is 13.0 Å². The SMILES string of the molecule is N=C(N)Cc1ccc(CO[C]=O)cc1. The summed E-state index contributed by atoms with van der Waals surface area (Å²) >= 11 is 0. The second-order valence-corrected chi connectivity index (χ2v) is 2.89. The predicted octanol–water partition coefficient (Wildman–Crippen LogP) is 0.749. The maximum atomic E-state index is 9.80. The van der Waals surface area contributed by atoms with Gasteiger partial charge in [0.2, 0.25) is 0 Å². The van der Waals surface area contributed by atoms with Crippen molar-refractivity contribution in [3.05, 3.63) is 35.4 Å². The van der Waals surface area contributed by atoms with Gasteiger partial charge in [-0.25, -0.2) is 4.79 Å². The van der Waals surface area contributed by atoms with E-state index in [1.165, 1.54) is 6.47 Å². The molecule has 0 amide bonds. The molecule has 0 heterocycles. The molecule has 0 atom stereocenters. The fraction of sp³-hybridized carbons (Fsp3) is 0.200. The molecule has 1 aromatic carbocycles. The number of carbonyl (C=O) groups excluding carboxylic acids is 1. The van der Waals surface area contributed by atoms with Gasteiger partial charge in [0.05, 0.1) is 5.84 Å². The summed E-state index contributed by atoms with van der Waals surface area (Å²) in [6.07, 6.45) is 0.445. The van der Waals surface area contributed by atoms with E-state index in [2.05, 4.69) is 4.74 Å². The van der Waals surface area contributed by atoms with Crippen molar-refractivity contribution in [3.63, 3.8) is 0 Å². The van der Waals surface area contributed by atoms with Gasteiger partial charge in [0.25, 0.3) is 0 Å². The third-order valence-corrected chi connectivity index (χ3v) is 1.72. The molecule has 73 valence electrons. The molecule has 0 aromatic heterocycles. The maximum Gasteiger partial charge on any atom is 0.417 e. The number of nitrogens with two attached hydrogens (primary N) is 1. The van der Waals surface area contributed by atoms with Crippen LogP contribution in [0, 0.1) is 5.41 Å². The van der Waals surface area contributed by atoms with Gasteiger partial charge in [-0.3, -0.25) is 5.41 Å². The highest BCUT2D eigenvalue weighted by molar-refractivity contribution is 5.79. The van der Waals surface area contributed by atoms with Gasteiger partial charge in [-0.1, -0.05) is 24.3 Å². The van der Waals surface area contributed by atoms with Crippen molar-refractivity contribution in [2.24, 2.45) is 5.73 Å². The number of rotatable bonds is 5. The molecule has 4 nitrogen and oxygen atoms in total. The van der Waals surface area contributed by atoms with E-state index in [4.69, 9.17) is 11.1 Å².